The number of hydrogen-bond donors (Lipinski definition) is 2. The Morgan fingerprint density at radius 1 is 1.06 bits per heavy atom. The molecular formula is C25H25N5O4. The van der Waals surface area contributed by atoms with Crippen molar-refractivity contribution in [2.75, 3.05) is 5.32 Å². The van der Waals surface area contributed by atoms with Crippen molar-refractivity contribution in [1.29, 1.82) is 0 Å². The topological polar surface area (TPSA) is 111 Å². The van der Waals surface area contributed by atoms with Gasteiger partial charge < -0.3 is 15.2 Å². The Hall–Kier alpha value is -4.40. The predicted molar refractivity (Wildman–Crippen MR) is 127 cm³/mol. The van der Waals surface area contributed by atoms with Crippen LogP contribution in [0.25, 0.3) is 11.1 Å². The molecule has 0 aliphatic carbocycles. The van der Waals surface area contributed by atoms with E-state index in [1.54, 1.807) is 4.68 Å². The van der Waals surface area contributed by atoms with E-state index in [0.29, 0.717) is 11.4 Å². The van der Waals surface area contributed by atoms with E-state index >= 15 is 0 Å². The molecule has 0 aliphatic heterocycles. The molecular weight excluding hydrogens is 434 g/mol. The number of carboxylic acids is 1. The second-order valence-corrected chi connectivity index (χ2v) is 7.78. The normalized spacial score (nSPS) is 10.8. The minimum Gasteiger partial charge on any atom is -0.478 e. The van der Waals surface area contributed by atoms with Crippen molar-refractivity contribution in [3.63, 3.8) is 0 Å². The van der Waals surface area contributed by atoms with Crippen LogP contribution in [0.1, 0.15) is 28.2 Å². The molecule has 0 saturated carbocycles. The molecule has 2 aromatic carbocycles. The summed E-state index contributed by atoms with van der Waals surface area (Å²) in [5.74, 6) is -0.525. The fourth-order valence-corrected chi connectivity index (χ4v) is 3.60. The van der Waals surface area contributed by atoms with Crippen LogP contribution in [0.5, 0.6) is 5.75 Å². The quantitative estimate of drug-likeness (QED) is 0.389. The number of rotatable bonds is 9. The minimum atomic E-state index is -1.05. The van der Waals surface area contributed by atoms with E-state index in [2.05, 4.69) is 15.5 Å². The van der Waals surface area contributed by atoms with Crippen molar-refractivity contribution in [3.05, 3.63) is 83.9 Å². The van der Waals surface area contributed by atoms with E-state index in [-0.39, 0.29) is 31.2 Å². The van der Waals surface area contributed by atoms with Gasteiger partial charge in [0.25, 0.3) is 0 Å². The van der Waals surface area contributed by atoms with Crippen LogP contribution in [0.15, 0.2) is 67.0 Å². The average molecular weight is 460 g/mol. The van der Waals surface area contributed by atoms with Crippen molar-refractivity contribution in [2.24, 2.45) is 0 Å². The number of aromatic nitrogens is 4. The summed E-state index contributed by atoms with van der Waals surface area (Å²) in [6, 6.07) is 17.8. The predicted octanol–water partition coefficient (Wildman–Crippen LogP) is 4.13. The first-order valence-corrected chi connectivity index (χ1v) is 10.8. The van der Waals surface area contributed by atoms with Gasteiger partial charge in [0.1, 0.15) is 5.75 Å². The lowest BCUT2D eigenvalue weighted by molar-refractivity contribution is -0.116. The van der Waals surface area contributed by atoms with Crippen LogP contribution in [0.4, 0.5) is 5.69 Å². The van der Waals surface area contributed by atoms with Crippen LogP contribution in [-0.4, -0.2) is 36.5 Å². The first-order chi connectivity index (χ1) is 16.4. The lowest BCUT2D eigenvalue weighted by Gasteiger charge is -2.13. The number of ether oxygens (including phenoxy) is 1. The number of amides is 1. The smallest absolute Gasteiger partial charge is 0.338 e. The van der Waals surface area contributed by atoms with Crippen LogP contribution in [0.2, 0.25) is 0 Å². The third kappa shape index (κ3) is 5.15. The molecule has 0 atom stereocenters. The maximum atomic E-state index is 12.5. The van der Waals surface area contributed by atoms with E-state index in [1.807, 2.05) is 68.4 Å². The molecule has 2 aromatic heterocycles. The molecule has 1 amide bonds. The van der Waals surface area contributed by atoms with E-state index in [0.717, 1.165) is 22.6 Å². The van der Waals surface area contributed by atoms with E-state index in [1.165, 1.54) is 17.1 Å². The van der Waals surface area contributed by atoms with Crippen LogP contribution in [0.3, 0.4) is 0 Å². The van der Waals surface area contributed by atoms with Gasteiger partial charge in [0, 0.05) is 24.7 Å². The zero-order valence-corrected chi connectivity index (χ0v) is 18.9. The lowest BCUT2D eigenvalue weighted by atomic mass is 10.1. The van der Waals surface area contributed by atoms with Gasteiger partial charge in [-0.25, -0.2) is 9.48 Å². The number of hydrogen-bond acceptors (Lipinski definition) is 5. The molecule has 9 nitrogen and oxygen atoms in total. The molecule has 4 aromatic rings. The van der Waals surface area contributed by atoms with Gasteiger partial charge in [-0.2, -0.15) is 10.2 Å². The molecule has 34 heavy (non-hydrogen) atoms. The summed E-state index contributed by atoms with van der Waals surface area (Å²) >= 11 is 0. The van der Waals surface area contributed by atoms with Gasteiger partial charge in [-0.15, -0.1) is 0 Å². The number of nitrogens with one attached hydrogen (secondary N) is 1. The summed E-state index contributed by atoms with van der Waals surface area (Å²) in [5, 5.41) is 20.3. The first-order valence-electron chi connectivity index (χ1n) is 10.8. The first kappa shape index (κ1) is 22.8. The average Bonchev–Trinajstić information content (AvgIpc) is 3.43. The molecule has 0 radical (unpaired) electrons. The van der Waals surface area contributed by atoms with E-state index in [4.69, 9.17) is 9.84 Å². The second kappa shape index (κ2) is 10.0. The van der Waals surface area contributed by atoms with Gasteiger partial charge in [0.2, 0.25) is 5.91 Å². The lowest BCUT2D eigenvalue weighted by Crippen LogP contribution is -2.16. The molecule has 2 N–H and O–H groups in total. The molecule has 0 fully saturated rings. The number of carboxylic acid groups (broad SMARTS) is 1. The van der Waals surface area contributed by atoms with Crippen molar-refractivity contribution in [2.45, 2.75) is 33.5 Å². The Morgan fingerprint density at radius 2 is 1.79 bits per heavy atom. The SMILES string of the molecule is Cc1nn(COc2ccccc2-c2ccccc2)c(C)c1NC(=O)CCn1cc(C(=O)O)cn1. The highest BCUT2D eigenvalue weighted by Crippen LogP contribution is 2.30. The van der Waals surface area contributed by atoms with Gasteiger partial charge in [0.05, 0.1) is 28.8 Å². The van der Waals surface area contributed by atoms with Gasteiger partial charge in [-0.1, -0.05) is 48.5 Å². The molecule has 4 rings (SSSR count). The third-order valence-electron chi connectivity index (χ3n) is 5.41. The van der Waals surface area contributed by atoms with Crippen molar-refractivity contribution in [3.8, 4) is 16.9 Å². The number of anilines is 1. The molecule has 2 heterocycles. The Morgan fingerprint density at radius 3 is 2.53 bits per heavy atom. The summed E-state index contributed by atoms with van der Waals surface area (Å²) in [6.07, 6.45) is 2.80. The van der Waals surface area contributed by atoms with Crippen molar-refractivity contribution in [1.82, 2.24) is 19.6 Å². The molecule has 9 heteroatoms. The number of aryl methyl sites for hydroxylation is 2. The number of aromatic carboxylic acids is 1. The maximum absolute atomic E-state index is 12.5. The highest BCUT2D eigenvalue weighted by Gasteiger charge is 2.16. The largest absolute Gasteiger partial charge is 0.478 e. The Bertz CT molecular complexity index is 1310. The van der Waals surface area contributed by atoms with Gasteiger partial charge in [0.15, 0.2) is 6.73 Å². The molecule has 0 saturated heterocycles. The number of nitrogens with zero attached hydrogens (tertiary/aromatic N) is 4. The third-order valence-corrected chi connectivity index (χ3v) is 5.41. The van der Waals surface area contributed by atoms with Crippen LogP contribution < -0.4 is 10.1 Å². The number of carbonyl (C=O) groups excluding carboxylic acids is 1. The van der Waals surface area contributed by atoms with Crippen LogP contribution in [0, 0.1) is 13.8 Å². The summed E-state index contributed by atoms with van der Waals surface area (Å²) in [5.41, 5.74) is 4.22. The highest BCUT2D eigenvalue weighted by atomic mass is 16.5. The Kier molecular flexibility index (Phi) is 6.72. The molecule has 0 spiro atoms. The summed E-state index contributed by atoms with van der Waals surface area (Å²) in [6.45, 7) is 4.15. The number of benzene rings is 2. The number of carbonyl (C=O) groups is 2. The fraction of sp³-hybridized carbons (Fsp3) is 0.200. The summed E-state index contributed by atoms with van der Waals surface area (Å²) in [7, 11) is 0. The van der Waals surface area contributed by atoms with E-state index < -0.39 is 5.97 Å². The zero-order valence-electron chi connectivity index (χ0n) is 18.9. The van der Waals surface area contributed by atoms with Crippen molar-refractivity contribution >= 4 is 17.6 Å². The minimum absolute atomic E-state index is 0.0854. The Labute approximate surface area is 196 Å². The fourth-order valence-electron chi connectivity index (χ4n) is 3.60. The molecule has 0 aliphatic rings. The van der Waals surface area contributed by atoms with Crippen LogP contribution >= 0.6 is 0 Å². The van der Waals surface area contributed by atoms with Gasteiger partial charge in [-0.05, 0) is 25.5 Å². The standard InChI is InChI=1S/C25H25N5O4/c1-17-24(27-23(31)12-13-29-15-20(14-26-29)25(32)33)18(2)30(28-17)16-34-22-11-7-6-10-21(22)19-8-4-3-5-9-19/h3-11,14-15H,12-13,16H2,1-2H3,(H,27,31)(H,32,33). The van der Waals surface area contributed by atoms with E-state index in [9.17, 15) is 9.59 Å². The zero-order chi connectivity index (χ0) is 24.1. The summed E-state index contributed by atoms with van der Waals surface area (Å²) in [4.78, 5) is 23.4. The number of para-hydroxylation sites is 1. The summed E-state index contributed by atoms with van der Waals surface area (Å²) < 4.78 is 9.23. The van der Waals surface area contributed by atoms with Gasteiger partial charge in [-0.3, -0.25) is 9.48 Å². The second-order valence-electron chi connectivity index (χ2n) is 7.78. The van der Waals surface area contributed by atoms with Crippen LogP contribution in [-0.2, 0) is 18.1 Å². The maximum Gasteiger partial charge on any atom is 0.338 e. The molecule has 174 valence electrons. The molecule has 0 unspecified atom stereocenters. The monoisotopic (exact) mass is 459 g/mol. The molecule has 0 bridgehead atoms. The highest BCUT2D eigenvalue weighted by molar-refractivity contribution is 5.92. The van der Waals surface area contributed by atoms with Crippen molar-refractivity contribution < 1.29 is 19.4 Å². The van der Waals surface area contributed by atoms with Gasteiger partial charge >= 0.3 is 5.97 Å². The Balaban J connectivity index is 1.40.